The van der Waals surface area contributed by atoms with Gasteiger partial charge in [0, 0.05) is 13.0 Å². The predicted octanol–water partition coefficient (Wildman–Crippen LogP) is 8.97. The van der Waals surface area contributed by atoms with Crippen LogP contribution in [0.4, 0.5) is 0 Å². The van der Waals surface area contributed by atoms with E-state index in [9.17, 15) is 4.79 Å². The Hall–Kier alpha value is -0.530. The van der Waals surface area contributed by atoms with E-state index in [0.717, 1.165) is 25.8 Å². The van der Waals surface area contributed by atoms with Crippen molar-refractivity contribution in [3.05, 3.63) is 0 Å². The van der Waals surface area contributed by atoms with Crippen molar-refractivity contribution in [2.24, 2.45) is 5.92 Å². The van der Waals surface area contributed by atoms with Gasteiger partial charge in [-0.25, -0.2) is 0 Å². The van der Waals surface area contributed by atoms with Gasteiger partial charge >= 0.3 is 0 Å². The van der Waals surface area contributed by atoms with E-state index in [4.69, 9.17) is 0 Å². The van der Waals surface area contributed by atoms with Gasteiger partial charge in [0.15, 0.2) is 0 Å². The lowest BCUT2D eigenvalue weighted by Gasteiger charge is -2.14. The quantitative estimate of drug-likeness (QED) is 0.168. The first-order chi connectivity index (χ1) is 14.2. The smallest absolute Gasteiger partial charge is 0.220 e. The molecular formula is C27H55NO. The summed E-state index contributed by atoms with van der Waals surface area (Å²) in [6, 6.07) is 0. The second-order valence-corrected chi connectivity index (χ2v) is 9.27. The number of unbranched alkanes of at least 4 members (excludes halogenated alkanes) is 16. The Morgan fingerprint density at radius 1 is 0.586 bits per heavy atom. The van der Waals surface area contributed by atoms with Gasteiger partial charge in [-0.15, -0.1) is 0 Å². The maximum Gasteiger partial charge on any atom is 0.220 e. The molecule has 0 radical (unpaired) electrons. The lowest BCUT2D eigenvalue weighted by molar-refractivity contribution is -0.122. The van der Waals surface area contributed by atoms with Crippen molar-refractivity contribution in [2.45, 2.75) is 156 Å². The maximum absolute atomic E-state index is 12.0. The van der Waals surface area contributed by atoms with Gasteiger partial charge in [0.25, 0.3) is 0 Å². The zero-order chi connectivity index (χ0) is 21.4. The molecule has 1 amide bonds. The summed E-state index contributed by atoms with van der Waals surface area (Å²) < 4.78 is 0. The van der Waals surface area contributed by atoms with E-state index >= 15 is 0 Å². The standard InChI is InChI=1S/C27H55NO/c1-4-7-9-10-11-12-13-14-15-16-17-18-19-20-21-22-24-28-27(29)25-26(6-3)23-8-5-2/h26H,4-25H2,1-3H3,(H,28,29). The third kappa shape index (κ3) is 22.0. The van der Waals surface area contributed by atoms with Crippen LogP contribution < -0.4 is 5.32 Å². The predicted molar refractivity (Wildman–Crippen MR) is 130 cm³/mol. The van der Waals surface area contributed by atoms with E-state index in [-0.39, 0.29) is 5.91 Å². The van der Waals surface area contributed by atoms with E-state index in [1.165, 1.54) is 116 Å². The van der Waals surface area contributed by atoms with Crippen molar-refractivity contribution < 1.29 is 4.79 Å². The molecule has 1 N–H and O–H groups in total. The summed E-state index contributed by atoms with van der Waals surface area (Å²) in [5, 5.41) is 3.13. The molecule has 1 unspecified atom stereocenters. The molecule has 0 bridgehead atoms. The summed E-state index contributed by atoms with van der Waals surface area (Å²) in [7, 11) is 0. The molecule has 0 spiro atoms. The highest BCUT2D eigenvalue weighted by molar-refractivity contribution is 5.76. The van der Waals surface area contributed by atoms with Gasteiger partial charge in [0.05, 0.1) is 0 Å². The Labute approximate surface area is 184 Å². The molecule has 2 heteroatoms. The molecule has 2 nitrogen and oxygen atoms in total. The number of nitrogens with one attached hydrogen (secondary N) is 1. The molecule has 0 aliphatic carbocycles. The average Bonchev–Trinajstić information content (AvgIpc) is 2.73. The first-order valence-electron chi connectivity index (χ1n) is 13.5. The molecule has 174 valence electrons. The van der Waals surface area contributed by atoms with Crippen LogP contribution in [0.15, 0.2) is 0 Å². The molecule has 0 aromatic heterocycles. The number of carbonyl (C=O) groups excluding carboxylic acids is 1. The van der Waals surface area contributed by atoms with Crippen LogP contribution in [-0.4, -0.2) is 12.5 Å². The SMILES string of the molecule is CCCCCCCCCCCCCCCCCCNC(=O)CC(CC)CCCC. The second kappa shape index (κ2) is 23.7. The highest BCUT2D eigenvalue weighted by Crippen LogP contribution is 2.16. The first-order valence-corrected chi connectivity index (χ1v) is 13.5. The molecule has 29 heavy (non-hydrogen) atoms. The Morgan fingerprint density at radius 3 is 1.41 bits per heavy atom. The molecule has 0 aliphatic rings. The van der Waals surface area contributed by atoms with Crippen LogP contribution in [0.5, 0.6) is 0 Å². The van der Waals surface area contributed by atoms with E-state index in [1.54, 1.807) is 0 Å². The summed E-state index contributed by atoms with van der Waals surface area (Å²) in [5.41, 5.74) is 0. The molecule has 0 rings (SSSR count). The fraction of sp³-hybridized carbons (Fsp3) is 0.963. The van der Waals surface area contributed by atoms with Gasteiger partial charge in [0.2, 0.25) is 5.91 Å². The van der Waals surface area contributed by atoms with E-state index < -0.39 is 0 Å². The van der Waals surface area contributed by atoms with Crippen LogP contribution in [0.25, 0.3) is 0 Å². The second-order valence-electron chi connectivity index (χ2n) is 9.27. The maximum atomic E-state index is 12.0. The van der Waals surface area contributed by atoms with Crippen molar-refractivity contribution in [1.82, 2.24) is 5.32 Å². The number of carbonyl (C=O) groups is 1. The molecular weight excluding hydrogens is 354 g/mol. The lowest BCUT2D eigenvalue weighted by atomic mass is 9.95. The van der Waals surface area contributed by atoms with Gasteiger partial charge < -0.3 is 5.32 Å². The third-order valence-electron chi connectivity index (χ3n) is 6.37. The monoisotopic (exact) mass is 409 g/mol. The largest absolute Gasteiger partial charge is 0.356 e. The Kier molecular flexibility index (Phi) is 23.3. The number of hydrogen-bond donors (Lipinski definition) is 1. The van der Waals surface area contributed by atoms with Crippen molar-refractivity contribution >= 4 is 5.91 Å². The van der Waals surface area contributed by atoms with Crippen LogP contribution in [0.1, 0.15) is 156 Å². The fourth-order valence-electron chi connectivity index (χ4n) is 4.18. The molecule has 0 aromatic carbocycles. The molecule has 0 aromatic rings. The molecule has 0 aliphatic heterocycles. The van der Waals surface area contributed by atoms with Gasteiger partial charge in [-0.05, 0) is 18.8 Å². The number of hydrogen-bond acceptors (Lipinski definition) is 1. The minimum atomic E-state index is 0.272. The Morgan fingerprint density at radius 2 is 1.00 bits per heavy atom. The topological polar surface area (TPSA) is 29.1 Å². The van der Waals surface area contributed by atoms with Crippen molar-refractivity contribution in [2.75, 3.05) is 6.54 Å². The molecule has 0 saturated heterocycles. The van der Waals surface area contributed by atoms with Gasteiger partial charge in [-0.3, -0.25) is 4.79 Å². The summed E-state index contributed by atoms with van der Waals surface area (Å²) in [6.07, 6.45) is 27.9. The lowest BCUT2D eigenvalue weighted by Crippen LogP contribution is -2.26. The van der Waals surface area contributed by atoms with Crippen molar-refractivity contribution in [1.29, 1.82) is 0 Å². The van der Waals surface area contributed by atoms with E-state index in [2.05, 4.69) is 26.1 Å². The van der Waals surface area contributed by atoms with Crippen LogP contribution in [0, 0.1) is 5.92 Å². The molecule has 0 fully saturated rings. The van der Waals surface area contributed by atoms with Gasteiger partial charge in [-0.1, -0.05) is 136 Å². The zero-order valence-corrected chi connectivity index (χ0v) is 20.5. The van der Waals surface area contributed by atoms with Gasteiger partial charge in [0.1, 0.15) is 0 Å². The van der Waals surface area contributed by atoms with E-state index in [1.807, 2.05) is 0 Å². The summed E-state index contributed by atoms with van der Waals surface area (Å²) in [4.78, 5) is 12.0. The normalized spacial score (nSPS) is 12.2. The Balaban J connectivity index is 3.24. The van der Waals surface area contributed by atoms with Crippen LogP contribution in [0.2, 0.25) is 0 Å². The Bertz CT molecular complexity index is 328. The van der Waals surface area contributed by atoms with Gasteiger partial charge in [-0.2, -0.15) is 0 Å². The van der Waals surface area contributed by atoms with Crippen molar-refractivity contribution in [3.8, 4) is 0 Å². The number of rotatable bonds is 23. The summed E-state index contributed by atoms with van der Waals surface area (Å²) in [5.74, 6) is 0.856. The zero-order valence-electron chi connectivity index (χ0n) is 20.5. The highest BCUT2D eigenvalue weighted by atomic mass is 16.1. The first kappa shape index (κ1) is 28.5. The molecule has 1 atom stereocenters. The van der Waals surface area contributed by atoms with E-state index in [0.29, 0.717) is 5.92 Å². The minimum absolute atomic E-state index is 0.272. The minimum Gasteiger partial charge on any atom is -0.356 e. The summed E-state index contributed by atoms with van der Waals surface area (Å²) in [6.45, 7) is 7.60. The van der Waals surface area contributed by atoms with Crippen LogP contribution >= 0.6 is 0 Å². The summed E-state index contributed by atoms with van der Waals surface area (Å²) >= 11 is 0. The third-order valence-corrected chi connectivity index (χ3v) is 6.37. The number of amides is 1. The molecule has 0 heterocycles. The van der Waals surface area contributed by atoms with Crippen LogP contribution in [-0.2, 0) is 4.79 Å². The average molecular weight is 410 g/mol. The molecule has 0 saturated carbocycles. The van der Waals surface area contributed by atoms with Crippen molar-refractivity contribution in [3.63, 3.8) is 0 Å². The highest BCUT2D eigenvalue weighted by Gasteiger charge is 2.11. The fourth-order valence-corrected chi connectivity index (χ4v) is 4.18. The van der Waals surface area contributed by atoms with Crippen LogP contribution in [0.3, 0.4) is 0 Å².